The van der Waals surface area contributed by atoms with Crippen molar-refractivity contribution in [2.75, 3.05) is 28.7 Å². The van der Waals surface area contributed by atoms with Crippen molar-refractivity contribution in [3.63, 3.8) is 0 Å². The van der Waals surface area contributed by atoms with Crippen LogP contribution in [0.4, 0.5) is 26.0 Å². The van der Waals surface area contributed by atoms with Crippen LogP contribution in [-0.2, 0) is 4.79 Å². The summed E-state index contributed by atoms with van der Waals surface area (Å²) in [6.45, 7) is 2.26. The quantitative estimate of drug-likeness (QED) is 0.290. The van der Waals surface area contributed by atoms with Crippen LogP contribution in [0.1, 0.15) is 17.3 Å². The van der Waals surface area contributed by atoms with Gasteiger partial charge in [0.05, 0.1) is 18.0 Å². The van der Waals surface area contributed by atoms with Gasteiger partial charge in [-0.05, 0) is 37.3 Å². The first-order chi connectivity index (χ1) is 15.8. The summed E-state index contributed by atoms with van der Waals surface area (Å²) >= 11 is 0.919. The van der Waals surface area contributed by atoms with Crippen LogP contribution < -0.4 is 26.7 Å². The van der Waals surface area contributed by atoms with Crippen LogP contribution in [0, 0.1) is 11.6 Å². The van der Waals surface area contributed by atoms with E-state index >= 15 is 0 Å². The summed E-state index contributed by atoms with van der Waals surface area (Å²) < 4.78 is 31.8. The second-order valence-electron chi connectivity index (χ2n) is 6.48. The maximum Gasteiger partial charge on any atom is 0.277 e. The zero-order valence-electron chi connectivity index (χ0n) is 17.3. The molecule has 2 amide bonds. The SMILES string of the molecule is CCOc1ccccc1NC(=O)CSc1nc(N)c(NC(=O)c2ccc(F)c(F)c2)c(=O)[nH]1. The molecule has 1 heterocycles. The van der Waals surface area contributed by atoms with Crippen LogP contribution in [0.15, 0.2) is 52.4 Å². The third-order valence-corrected chi connectivity index (χ3v) is 5.02. The lowest BCUT2D eigenvalue weighted by atomic mass is 10.2. The number of benzene rings is 2. The van der Waals surface area contributed by atoms with Gasteiger partial charge in [0.15, 0.2) is 22.6 Å². The number of nitrogens with two attached hydrogens (primary N) is 1. The Bertz CT molecular complexity index is 1250. The van der Waals surface area contributed by atoms with Gasteiger partial charge in [0.2, 0.25) is 5.91 Å². The summed E-state index contributed by atoms with van der Waals surface area (Å²) in [7, 11) is 0. The highest BCUT2D eigenvalue weighted by atomic mass is 32.2. The van der Waals surface area contributed by atoms with E-state index in [0.29, 0.717) is 24.1 Å². The summed E-state index contributed by atoms with van der Waals surface area (Å²) in [5, 5.41) is 4.98. The van der Waals surface area contributed by atoms with Crippen molar-refractivity contribution >= 4 is 40.8 Å². The molecule has 0 bridgehead atoms. The molecule has 5 N–H and O–H groups in total. The predicted octanol–water partition coefficient (Wildman–Crippen LogP) is 3.01. The number of nitrogens with one attached hydrogen (secondary N) is 3. The van der Waals surface area contributed by atoms with Gasteiger partial charge in [-0.15, -0.1) is 0 Å². The number of para-hydroxylation sites is 2. The van der Waals surface area contributed by atoms with Crippen molar-refractivity contribution < 1.29 is 23.1 Å². The van der Waals surface area contributed by atoms with Crippen LogP contribution in [-0.4, -0.2) is 34.1 Å². The number of nitrogens with zero attached hydrogens (tertiary/aromatic N) is 1. The Hall–Kier alpha value is -3.93. The van der Waals surface area contributed by atoms with Gasteiger partial charge in [0.1, 0.15) is 11.4 Å². The Morgan fingerprint density at radius 2 is 1.91 bits per heavy atom. The van der Waals surface area contributed by atoms with E-state index in [1.54, 1.807) is 24.3 Å². The largest absolute Gasteiger partial charge is 0.492 e. The molecule has 172 valence electrons. The van der Waals surface area contributed by atoms with Gasteiger partial charge in [-0.3, -0.25) is 19.4 Å². The summed E-state index contributed by atoms with van der Waals surface area (Å²) in [5.41, 5.74) is 4.93. The zero-order valence-corrected chi connectivity index (χ0v) is 18.1. The number of rotatable bonds is 8. The lowest BCUT2D eigenvalue weighted by molar-refractivity contribution is -0.113. The summed E-state index contributed by atoms with van der Waals surface area (Å²) in [6, 6.07) is 9.47. The second kappa shape index (κ2) is 10.6. The van der Waals surface area contributed by atoms with E-state index in [0.717, 1.165) is 23.9 Å². The molecule has 0 aliphatic rings. The van der Waals surface area contributed by atoms with E-state index in [-0.39, 0.29) is 33.9 Å². The first-order valence-corrected chi connectivity index (χ1v) is 10.6. The maximum atomic E-state index is 13.3. The first kappa shape index (κ1) is 23.7. The molecule has 0 aliphatic carbocycles. The highest BCUT2D eigenvalue weighted by Crippen LogP contribution is 2.24. The minimum absolute atomic E-state index is 0.0524. The normalized spacial score (nSPS) is 10.5. The van der Waals surface area contributed by atoms with Crippen molar-refractivity contribution in [1.82, 2.24) is 9.97 Å². The molecule has 33 heavy (non-hydrogen) atoms. The number of carbonyl (C=O) groups is 2. The highest BCUT2D eigenvalue weighted by molar-refractivity contribution is 7.99. The Balaban J connectivity index is 1.65. The van der Waals surface area contributed by atoms with Crippen molar-refractivity contribution in [2.24, 2.45) is 0 Å². The van der Waals surface area contributed by atoms with Gasteiger partial charge in [0, 0.05) is 5.56 Å². The van der Waals surface area contributed by atoms with Crippen molar-refractivity contribution in [3.05, 3.63) is 70.0 Å². The standard InChI is InChI=1S/C21H19F2N5O4S/c1-2-32-15-6-4-3-5-14(15)25-16(29)10-33-21-27-18(24)17(20(31)28-21)26-19(30)11-7-8-12(22)13(23)9-11/h3-9H,2,10H2,1H3,(H,25,29)(H,26,30)(H3,24,27,28,31). The smallest absolute Gasteiger partial charge is 0.277 e. The molecule has 3 rings (SSSR count). The van der Waals surface area contributed by atoms with Crippen LogP contribution in [0.2, 0.25) is 0 Å². The van der Waals surface area contributed by atoms with E-state index in [4.69, 9.17) is 10.5 Å². The fourth-order valence-electron chi connectivity index (χ4n) is 2.65. The average molecular weight is 475 g/mol. The molecule has 0 saturated heterocycles. The lowest BCUT2D eigenvalue weighted by Crippen LogP contribution is -2.23. The molecular formula is C21H19F2N5O4S. The lowest BCUT2D eigenvalue weighted by Gasteiger charge is -2.11. The highest BCUT2D eigenvalue weighted by Gasteiger charge is 2.16. The number of carbonyl (C=O) groups excluding carboxylic acids is 2. The van der Waals surface area contributed by atoms with E-state index in [1.165, 1.54) is 0 Å². The Kier molecular flexibility index (Phi) is 7.61. The average Bonchev–Trinajstić information content (AvgIpc) is 2.78. The monoisotopic (exact) mass is 475 g/mol. The van der Waals surface area contributed by atoms with E-state index < -0.39 is 23.1 Å². The number of ether oxygens (including phenoxy) is 1. The fourth-order valence-corrected chi connectivity index (χ4v) is 3.32. The molecular weight excluding hydrogens is 456 g/mol. The molecule has 0 saturated carbocycles. The maximum absolute atomic E-state index is 13.3. The molecule has 0 radical (unpaired) electrons. The number of aromatic nitrogens is 2. The molecule has 2 aromatic carbocycles. The van der Waals surface area contributed by atoms with Crippen molar-refractivity contribution in [3.8, 4) is 5.75 Å². The summed E-state index contributed by atoms with van der Waals surface area (Å²) in [5.74, 6) is -3.45. The number of amides is 2. The molecule has 0 spiro atoms. The van der Waals surface area contributed by atoms with Crippen LogP contribution in [0.3, 0.4) is 0 Å². The Morgan fingerprint density at radius 3 is 2.61 bits per heavy atom. The van der Waals surface area contributed by atoms with Gasteiger partial charge in [-0.2, -0.15) is 0 Å². The van der Waals surface area contributed by atoms with Crippen molar-refractivity contribution in [2.45, 2.75) is 12.1 Å². The second-order valence-corrected chi connectivity index (χ2v) is 7.44. The molecule has 3 aromatic rings. The van der Waals surface area contributed by atoms with Gasteiger partial charge in [0.25, 0.3) is 11.5 Å². The van der Waals surface area contributed by atoms with Crippen LogP contribution in [0.25, 0.3) is 0 Å². The third kappa shape index (κ3) is 6.07. The minimum atomic E-state index is -1.21. The number of H-pyrrole nitrogens is 1. The molecule has 9 nitrogen and oxygen atoms in total. The zero-order chi connectivity index (χ0) is 24.0. The predicted molar refractivity (Wildman–Crippen MR) is 121 cm³/mol. The molecule has 0 unspecified atom stereocenters. The first-order valence-electron chi connectivity index (χ1n) is 9.59. The third-order valence-electron chi connectivity index (χ3n) is 4.15. The van der Waals surface area contributed by atoms with Gasteiger partial charge < -0.3 is 21.1 Å². The summed E-state index contributed by atoms with van der Waals surface area (Å²) in [4.78, 5) is 43.2. The molecule has 0 aliphatic heterocycles. The van der Waals surface area contributed by atoms with E-state index in [2.05, 4.69) is 20.6 Å². The number of nitrogen functional groups attached to an aromatic ring is 1. The van der Waals surface area contributed by atoms with Crippen LogP contribution >= 0.6 is 11.8 Å². The van der Waals surface area contributed by atoms with Crippen molar-refractivity contribution in [1.29, 1.82) is 0 Å². The Labute approximate surface area is 190 Å². The molecule has 1 aromatic heterocycles. The molecule has 0 atom stereocenters. The fraction of sp³-hybridized carbons (Fsp3) is 0.143. The van der Waals surface area contributed by atoms with Gasteiger partial charge in [-0.1, -0.05) is 23.9 Å². The number of hydrogen-bond donors (Lipinski definition) is 4. The van der Waals surface area contributed by atoms with E-state index in [9.17, 15) is 23.2 Å². The number of halogens is 2. The number of anilines is 3. The van der Waals surface area contributed by atoms with Gasteiger partial charge >= 0.3 is 0 Å². The number of aromatic amines is 1. The Morgan fingerprint density at radius 1 is 1.15 bits per heavy atom. The van der Waals surface area contributed by atoms with Gasteiger partial charge in [-0.25, -0.2) is 13.8 Å². The number of hydrogen-bond acceptors (Lipinski definition) is 7. The molecule has 12 heteroatoms. The minimum Gasteiger partial charge on any atom is -0.492 e. The molecule has 0 fully saturated rings. The van der Waals surface area contributed by atoms with Crippen LogP contribution in [0.5, 0.6) is 5.75 Å². The topological polar surface area (TPSA) is 139 Å². The van der Waals surface area contributed by atoms with E-state index in [1.807, 2.05) is 6.92 Å². The summed E-state index contributed by atoms with van der Waals surface area (Å²) in [6.07, 6.45) is 0. The number of thioether (sulfide) groups is 1.